The number of halogens is 6. The van der Waals surface area contributed by atoms with Crippen molar-refractivity contribution < 1.29 is 36.2 Å². The summed E-state index contributed by atoms with van der Waals surface area (Å²) in [7, 11) is 0. The molecule has 0 radical (unpaired) electrons. The smallest absolute Gasteiger partial charge is 0.370 e. The summed E-state index contributed by atoms with van der Waals surface area (Å²) in [5, 5.41) is 9.03. The minimum absolute atomic E-state index is 0.212. The van der Waals surface area contributed by atoms with Crippen molar-refractivity contribution in [2.24, 2.45) is 0 Å². The summed E-state index contributed by atoms with van der Waals surface area (Å²) in [6.07, 6.45) is -4.51. The Morgan fingerprint density at radius 2 is 1.64 bits per heavy atom. The SMILES string of the molecule is C=C(CC=CC(O)(C(F)(F)F)C(F)(F)F)C1=CC=C2C(=O)C=CC=C12. The van der Waals surface area contributed by atoms with Crippen molar-refractivity contribution in [2.45, 2.75) is 24.4 Å². The zero-order valence-corrected chi connectivity index (χ0v) is 12.6. The molecule has 0 aromatic rings. The van der Waals surface area contributed by atoms with Gasteiger partial charge >= 0.3 is 12.4 Å². The van der Waals surface area contributed by atoms with Crippen LogP contribution in [-0.2, 0) is 4.79 Å². The average molecular weight is 362 g/mol. The molecule has 0 saturated heterocycles. The second-order valence-electron chi connectivity index (χ2n) is 5.44. The van der Waals surface area contributed by atoms with Crippen molar-refractivity contribution >= 4 is 5.78 Å². The van der Waals surface area contributed by atoms with E-state index in [-0.39, 0.29) is 23.9 Å². The molecule has 1 N–H and O–H groups in total. The molecule has 2 nitrogen and oxygen atoms in total. The third kappa shape index (κ3) is 3.39. The van der Waals surface area contributed by atoms with Gasteiger partial charge in [0.25, 0.3) is 5.60 Å². The highest BCUT2D eigenvalue weighted by atomic mass is 19.4. The Morgan fingerprint density at radius 1 is 1.04 bits per heavy atom. The van der Waals surface area contributed by atoms with Crippen molar-refractivity contribution in [3.8, 4) is 0 Å². The fourth-order valence-corrected chi connectivity index (χ4v) is 2.35. The molecule has 134 valence electrons. The van der Waals surface area contributed by atoms with Gasteiger partial charge in [0, 0.05) is 5.57 Å². The number of aliphatic hydroxyl groups is 1. The van der Waals surface area contributed by atoms with Gasteiger partial charge in [-0.05, 0) is 41.4 Å². The molecule has 0 unspecified atom stereocenters. The molecule has 8 heteroatoms. The minimum atomic E-state index is -5.91. The molecule has 0 heterocycles. The van der Waals surface area contributed by atoms with Crippen LogP contribution in [0, 0.1) is 0 Å². The number of allylic oxidation sites excluding steroid dienone is 10. The molecular formula is C17H12F6O2. The lowest BCUT2D eigenvalue weighted by molar-refractivity contribution is -0.347. The highest BCUT2D eigenvalue weighted by molar-refractivity contribution is 6.11. The molecule has 0 spiro atoms. The first-order valence-electron chi connectivity index (χ1n) is 6.95. The highest BCUT2D eigenvalue weighted by Crippen LogP contribution is 2.44. The number of hydrogen-bond donors (Lipinski definition) is 1. The lowest BCUT2D eigenvalue weighted by atomic mass is 9.90. The molecule has 0 amide bonds. The van der Waals surface area contributed by atoms with Crippen molar-refractivity contribution in [1.82, 2.24) is 0 Å². The fraction of sp³-hybridized carbons (Fsp3) is 0.235. The summed E-state index contributed by atoms with van der Waals surface area (Å²) in [5.41, 5.74) is -3.39. The van der Waals surface area contributed by atoms with E-state index in [1.54, 1.807) is 6.08 Å². The molecule has 0 aliphatic heterocycles. The molecule has 0 atom stereocenters. The largest absolute Gasteiger partial charge is 0.429 e. The summed E-state index contributed by atoms with van der Waals surface area (Å²) >= 11 is 0. The second-order valence-corrected chi connectivity index (χ2v) is 5.44. The summed E-state index contributed by atoms with van der Waals surface area (Å²) in [6, 6.07) is 0. The molecule has 0 aromatic heterocycles. The minimum Gasteiger partial charge on any atom is -0.370 e. The first-order chi connectivity index (χ1) is 11.4. The van der Waals surface area contributed by atoms with Gasteiger partial charge in [-0.1, -0.05) is 30.9 Å². The fourth-order valence-electron chi connectivity index (χ4n) is 2.35. The van der Waals surface area contributed by atoms with Gasteiger partial charge in [-0.3, -0.25) is 4.79 Å². The van der Waals surface area contributed by atoms with Gasteiger partial charge in [0.05, 0.1) is 0 Å². The molecule has 0 bridgehead atoms. The number of hydrogen-bond acceptors (Lipinski definition) is 2. The van der Waals surface area contributed by atoms with Crippen molar-refractivity contribution in [3.63, 3.8) is 0 Å². The summed E-state index contributed by atoms with van der Waals surface area (Å²) in [6.45, 7) is 3.62. The zero-order chi connectivity index (χ0) is 19.0. The molecule has 25 heavy (non-hydrogen) atoms. The Morgan fingerprint density at radius 3 is 2.20 bits per heavy atom. The van der Waals surface area contributed by atoms with E-state index in [0.29, 0.717) is 22.8 Å². The lowest BCUT2D eigenvalue weighted by Gasteiger charge is -2.29. The highest BCUT2D eigenvalue weighted by Gasteiger charge is 2.68. The summed E-state index contributed by atoms with van der Waals surface area (Å²) in [4.78, 5) is 11.7. The van der Waals surface area contributed by atoms with E-state index in [2.05, 4.69) is 6.58 Å². The molecule has 0 saturated carbocycles. The first kappa shape index (κ1) is 19.0. The van der Waals surface area contributed by atoms with Gasteiger partial charge in [-0.25, -0.2) is 0 Å². The Labute approximate surface area is 138 Å². The zero-order valence-electron chi connectivity index (χ0n) is 12.6. The van der Waals surface area contributed by atoms with Gasteiger partial charge < -0.3 is 5.11 Å². The van der Waals surface area contributed by atoms with Crippen LogP contribution < -0.4 is 0 Å². The van der Waals surface area contributed by atoms with E-state index in [0.717, 1.165) is 0 Å². The van der Waals surface area contributed by atoms with Gasteiger partial charge in [0.15, 0.2) is 5.78 Å². The lowest BCUT2D eigenvalue weighted by Crippen LogP contribution is -2.55. The van der Waals surface area contributed by atoms with Crippen LogP contribution in [0.15, 0.2) is 71.4 Å². The van der Waals surface area contributed by atoms with E-state index in [1.807, 2.05) is 0 Å². The molecular weight excluding hydrogens is 350 g/mol. The Hall–Kier alpha value is -2.35. The monoisotopic (exact) mass is 362 g/mol. The van der Waals surface area contributed by atoms with Crippen LogP contribution in [0.1, 0.15) is 6.42 Å². The van der Waals surface area contributed by atoms with E-state index in [4.69, 9.17) is 5.11 Å². The summed E-state index contributed by atoms with van der Waals surface area (Å²) in [5.74, 6) is -0.254. The Balaban J connectivity index is 2.15. The number of rotatable bonds is 4. The summed E-state index contributed by atoms with van der Waals surface area (Å²) < 4.78 is 75.4. The number of fused-ring (bicyclic) bond motifs is 1. The van der Waals surface area contributed by atoms with Crippen LogP contribution >= 0.6 is 0 Å². The quantitative estimate of drug-likeness (QED) is 0.599. The van der Waals surface area contributed by atoms with E-state index >= 15 is 0 Å². The molecule has 0 fully saturated rings. The number of carbonyl (C=O) groups is 1. The van der Waals surface area contributed by atoms with Crippen LogP contribution in [0.5, 0.6) is 0 Å². The van der Waals surface area contributed by atoms with Gasteiger partial charge in [-0.2, -0.15) is 26.3 Å². The first-order valence-corrected chi connectivity index (χ1v) is 6.95. The predicted octanol–water partition coefficient (Wildman–Crippen LogP) is 4.28. The molecule has 2 rings (SSSR count). The van der Waals surface area contributed by atoms with Crippen LogP contribution in [0.3, 0.4) is 0 Å². The normalized spacial score (nSPS) is 18.2. The van der Waals surface area contributed by atoms with Crippen LogP contribution in [0.2, 0.25) is 0 Å². The Kier molecular flexibility index (Phi) is 4.69. The van der Waals surface area contributed by atoms with E-state index < -0.39 is 18.0 Å². The van der Waals surface area contributed by atoms with E-state index in [9.17, 15) is 31.1 Å². The average Bonchev–Trinajstić information content (AvgIpc) is 2.90. The molecule has 2 aliphatic rings. The number of alkyl halides is 6. The van der Waals surface area contributed by atoms with Crippen LogP contribution in [0.25, 0.3) is 0 Å². The van der Waals surface area contributed by atoms with Crippen LogP contribution in [-0.4, -0.2) is 28.8 Å². The van der Waals surface area contributed by atoms with Crippen molar-refractivity contribution in [1.29, 1.82) is 0 Å². The molecule has 0 aromatic carbocycles. The van der Waals surface area contributed by atoms with Crippen molar-refractivity contribution in [2.75, 3.05) is 0 Å². The maximum atomic E-state index is 12.6. The second kappa shape index (κ2) is 6.18. The third-order valence-electron chi connectivity index (χ3n) is 3.74. The van der Waals surface area contributed by atoms with Crippen LogP contribution in [0.4, 0.5) is 26.3 Å². The number of carbonyl (C=O) groups excluding carboxylic acids is 1. The third-order valence-corrected chi connectivity index (χ3v) is 3.74. The Bertz CT molecular complexity index is 743. The standard InChI is InChI=1S/C17H12F6O2/c1-10(11-7-8-13-12(11)5-2-6-14(13)24)4-3-9-15(25,16(18,19)20)17(21,22)23/h2-3,5-9,25H,1,4H2. The topological polar surface area (TPSA) is 37.3 Å². The predicted molar refractivity (Wildman–Crippen MR) is 78.4 cm³/mol. The maximum absolute atomic E-state index is 12.6. The number of ketones is 1. The van der Waals surface area contributed by atoms with E-state index in [1.165, 1.54) is 24.3 Å². The van der Waals surface area contributed by atoms with Gasteiger partial charge in [-0.15, -0.1) is 0 Å². The molecule has 2 aliphatic carbocycles. The van der Waals surface area contributed by atoms with Gasteiger partial charge in [0.1, 0.15) is 0 Å². The maximum Gasteiger partial charge on any atom is 0.429 e. The van der Waals surface area contributed by atoms with Crippen molar-refractivity contribution in [3.05, 3.63) is 71.4 Å². The van der Waals surface area contributed by atoms with Gasteiger partial charge in [0.2, 0.25) is 0 Å².